The summed E-state index contributed by atoms with van der Waals surface area (Å²) in [5.74, 6) is 1.04. The van der Waals surface area contributed by atoms with E-state index in [1.54, 1.807) is 24.7 Å². The van der Waals surface area contributed by atoms with Gasteiger partial charge in [0, 0.05) is 37.9 Å². The quantitative estimate of drug-likeness (QED) is 0.832. The predicted molar refractivity (Wildman–Crippen MR) is 92.5 cm³/mol. The Hall–Kier alpha value is -2.32. The molecule has 1 saturated heterocycles. The van der Waals surface area contributed by atoms with Crippen LogP contribution in [0.1, 0.15) is 24.2 Å². The highest BCUT2D eigenvalue weighted by Crippen LogP contribution is 2.09. The van der Waals surface area contributed by atoms with Gasteiger partial charge in [0.05, 0.1) is 12.7 Å². The van der Waals surface area contributed by atoms with Gasteiger partial charge < -0.3 is 10.1 Å². The number of pyridine rings is 1. The zero-order valence-electron chi connectivity index (χ0n) is 14.6. The summed E-state index contributed by atoms with van der Waals surface area (Å²) in [4.78, 5) is 22.9. The van der Waals surface area contributed by atoms with Gasteiger partial charge in [0.25, 0.3) is 5.91 Å². The van der Waals surface area contributed by atoms with Crippen LogP contribution in [-0.2, 0) is 4.74 Å². The van der Waals surface area contributed by atoms with Crippen molar-refractivity contribution < 1.29 is 9.53 Å². The number of morpholine rings is 1. The molecule has 0 aliphatic carbocycles. The van der Waals surface area contributed by atoms with Crippen LogP contribution < -0.4 is 5.32 Å². The van der Waals surface area contributed by atoms with E-state index in [4.69, 9.17) is 4.74 Å². The van der Waals surface area contributed by atoms with Crippen LogP contribution >= 0.6 is 0 Å². The lowest BCUT2D eigenvalue weighted by atomic mass is 10.1. The standard InChI is InChI=1S/C17H24N6O2/c1-13(2)9-22-5-6-25-15(10-22)8-20-17(24)14-3-4-19-16(7-14)23-12-18-11-21-23/h3-4,7,11-13,15H,5-6,8-10H2,1-2H3,(H,20,24)/t15-/m1/s1. The van der Waals surface area contributed by atoms with Crippen molar-refractivity contribution in [2.24, 2.45) is 5.92 Å². The highest BCUT2D eigenvalue weighted by atomic mass is 16.5. The van der Waals surface area contributed by atoms with Crippen LogP contribution in [0.3, 0.4) is 0 Å². The van der Waals surface area contributed by atoms with Gasteiger partial charge in [-0.25, -0.2) is 14.6 Å². The molecule has 1 N–H and O–H groups in total. The fourth-order valence-electron chi connectivity index (χ4n) is 2.91. The van der Waals surface area contributed by atoms with Gasteiger partial charge >= 0.3 is 0 Å². The molecule has 1 aliphatic rings. The van der Waals surface area contributed by atoms with Gasteiger partial charge in [-0.05, 0) is 18.1 Å². The predicted octanol–water partition coefficient (Wildman–Crippen LogP) is 0.749. The third kappa shape index (κ3) is 4.83. The molecular formula is C17H24N6O2. The van der Waals surface area contributed by atoms with E-state index in [1.165, 1.54) is 11.0 Å². The highest BCUT2D eigenvalue weighted by Gasteiger charge is 2.21. The first-order chi connectivity index (χ1) is 12.1. The summed E-state index contributed by atoms with van der Waals surface area (Å²) in [6, 6.07) is 3.37. The normalized spacial score (nSPS) is 18.4. The fraction of sp³-hybridized carbons (Fsp3) is 0.529. The molecule has 2 aromatic rings. The number of carbonyl (C=O) groups excluding carboxylic acids is 1. The Kier molecular flexibility index (Phi) is 5.72. The number of carbonyl (C=O) groups is 1. The summed E-state index contributed by atoms with van der Waals surface area (Å²) >= 11 is 0. The van der Waals surface area contributed by atoms with Crippen molar-refractivity contribution in [2.75, 3.05) is 32.8 Å². The van der Waals surface area contributed by atoms with E-state index in [-0.39, 0.29) is 12.0 Å². The third-order valence-corrected chi connectivity index (χ3v) is 4.00. The van der Waals surface area contributed by atoms with E-state index in [0.717, 1.165) is 19.6 Å². The third-order valence-electron chi connectivity index (χ3n) is 4.00. The number of hydrogen-bond acceptors (Lipinski definition) is 6. The van der Waals surface area contributed by atoms with Gasteiger partial charge in [0.1, 0.15) is 12.7 Å². The molecule has 3 rings (SSSR count). The molecule has 8 heteroatoms. The Bertz CT molecular complexity index is 688. The first-order valence-corrected chi connectivity index (χ1v) is 8.55. The molecule has 3 heterocycles. The maximum atomic E-state index is 12.4. The number of hydrogen-bond donors (Lipinski definition) is 1. The Morgan fingerprint density at radius 1 is 1.48 bits per heavy atom. The minimum atomic E-state index is -0.145. The van der Waals surface area contributed by atoms with E-state index in [2.05, 4.69) is 39.1 Å². The minimum absolute atomic E-state index is 0.0214. The molecule has 1 amide bonds. The number of ether oxygens (including phenoxy) is 1. The first-order valence-electron chi connectivity index (χ1n) is 8.55. The molecule has 2 aromatic heterocycles. The van der Waals surface area contributed by atoms with Gasteiger partial charge in [-0.3, -0.25) is 9.69 Å². The van der Waals surface area contributed by atoms with Crippen molar-refractivity contribution in [3.8, 4) is 5.82 Å². The molecule has 134 valence electrons. The smallest absolute Gasteiger partial charge is 0.251 e. The summed E-state index contributed by atoms with van der Waals surface area (Å²) < 4.78 is 7.29. The SMILES string of the molecule is CC(C)CN1CCO[C@H](CNC(=O)c2ccnc(-n3cncn3)c2)C1. The monoisotopic (exact) mass is 344 g/mol. The summed E-state index contributed by atoms with van der Waals surface area (Å²) in [6.45, 7) is 8.48. The maximum absolute atomic E-state index is 12.4. The number of rotatable bonds is 6. The van der Waals surface area contributed by atoms with Crippen molar-refractivity contribution >= 4 is 5.91 Å². The molecule has 0 radical (unpaired) electrons. The second-order valence-corrected chi connectivity index (χ2v) is 6.60. The lowest BCUT2D eigenvalue weighted by Crippen LogP contribution is -2.48. The zero-order chi connectivity index (χ0) is 17.6. The van der Waals surface area contributed by atoms with Crippen molar-refractivity contribution in [3.05, 3.63) is 36.5 Å². The lowest BCUT2D eigenvalue weighted by molar-refractivity contribution is -0.0295. The molecule has 25 heavy (non-hydrogen) atoms. The molecule has 0 saturated carbocycles. The van der Waals surface area contributed by atoms with Crippen molar-refractivity contribution in [1.29, 1.82) is 0 Å². The molecule has 1 fully saturated rings. The van der Waals surface area contributed by atoms with Crippen LogP contribution in [0.2, 0.25) is 0 Å². The van der Waals surface area contributed by atoms with Crippen LogP contribution in [0.25, 0.3) is 5.82 Å². The Morgan fingerprint density at radius 3 is 3.12 bits per heavy atom. The topological polar surface area (TPSA) is 85.2 Å². The van der Waals surface area contributed by atoms with Crippen molar-refractivity contribution in [1.82, 2.24) is 30.0 Å². The number of amides is 1. The van der Waals surface area contributed by atoms with Crippen molar-refractivity contribution in [3.63, 3.8) is 0 Å². The van der Waals surface area contributed by atoms with E-state index in [9.17, 15) is 4.79 Å². The number of nitrogens with one attached hydrogen (secondary N) is 1. The molecule has 0 spiro atoms. The van der Waals surface area contributed by atoms with Crippen molar-refractivity contribution in [2.45, 2.75) is 20.0 Å². The second kappa shape index (κ2) is 8.17. The summed E-state index contributed by atoms with van der Waals surface area (Å²) in [6.07, 6.45) is 4.59. The van der Waals surface area contributed by atoms with Gasteiger partial charge in [0.15, 0.2) is 5.82 Å². The number of nitrogens with zero attached hydrogens (tertiary/aromatic N) is 5. The molecule has 0 unspecified atom stereocenters. The molecule has 1 aliphatic heterocycles. The fourth-order valence-corrected chi connectivity index (χ4v) is 2.91. The van der Waals surface area contributed by atoms with Gasteiger partial charge in [-0.15, -0.1) is 0 Å². The zero-order valence-corrected chi connectivity index (χ0v) is 14.6. The lowest BCUT2D eigenvalue weighted by Gasteiger charge is -2.33. The Morgan fingerprint density at radius 2 is 2.36 bits per heavy atom. The van der Waals surface area contributed by atoms with Crippen LogP contribution in [0.5, 0.6) is 0 Å². The largest absolute Gasteiger partial charge is 0.374 e. The molecule has 1 atom stereocenters. The Labute approximate surface area is 147 Å². The first kappa shape index (κ1) is 17.5. The summed E-state index contributed by atoms with van der Waals surface area (Å²) in [5.41, 5.74) is 0.537. The van der Waals surface area contributed by atoms with Gasteiger partial charge in [-0.1, -0.05) is 13.8 Å². The average Bonchev–Trinajstić information content (AvgIpc) is 3.14. The van der Waals surface area contributed by atoms with Crippen LogP contribution in [0, 0.1) is 5.92 Å². The van der Waals surface area contributed by atoms with E-state index < -0.39 is 0 Å². The van der Waals surface area contributed by atoms with Gasteiger partial charge in [-0.2, -0.15) is 5.10 Å². The molecular weight excluding hydrogens is 320 g/mol. The molecule has 0 aromatic carbocycles. The van der Waals surface area contributed by atoms with E-state index in [0.29, 0.717) is 30.5 Å². The molecule has 8 nitrogen and oxygen atoms in total. The van der Waals surface area contributed by atoms with Crippen LogP contribution in [0.4, 0.5) is 0 Å². The van der Waals surface area contributed by atoms with Gasteiger partial charge in [0.2, 0.25) is 0 Å². The summed E-state index contributed by atoms with van der Waals surface area (Å²) in [5, 5.41) is 6.98. The van der Waals surface area contributed by atoms with E-state index >= 15 is 0 Å². The van der Waals surface area contributed by atoms with Crippen LogP contribution in [-0.4, -0.2) is 69.4 Å². The van der Waals surface area contributed by atoms with E-state index in [1.807, 2.05) is 0 Å². The molecule has 0 bridgehead atoms. The second-order valence-electron chi connectivity index (χ2n) is 6.60. The highest BCUT2D eigenvalue weighted by molar-refractivity contribution is 5.94. The average molecular weight is 344 g/mol. The Balaban J connectivity index is 1.55. The summed E-state index contributed by atoms with van der Waals surface area (Å²) in [7, 11) is 0. The van der Waals surface area contributed by atoms with Crippen LogP contribution in [0.15, 0.2) is 31.0 Å². The number of aromatic nitrogens is 4. The maximum Gasteiger partial charge on any atom is 0.251 e. The minimum Gasteiger partial charge on any atom is -0.374 e.